The van der Waals surface area contributed by atoms with Crippen molar-refractivity contribution >= 4 is 11.3 Å². The zero-order valence-corrected chi connectivity index (χ0v) is 17.3. The Kier molecular flexibility index (Phi) is 6.64. The number of thiophene rings is 1. The monoisotopic (exact) mass is 442 g/mol. The minimum Gasteiger partial charge on any atom is -0.491 e. The number of aliphatic hydroxyl groups excluding tert-OH is 1. The number of hydrogen-bond donors (Lipinski definition) is 1. The van der Waals surface area contributed by atoms with E-state index in [4.69, 9.17) is 9.47 Å². The van der Waals surface area contributed by atoms with Crippen molar-refractivity contribution in [2.24, 2.45) is 0 Å². The highest BCUT2D eigenvalue weighted by molar-refractivity contribution is 7.08. The van der Waals surface area contributed by atoms with Crippen molar-refractivity contribution in [3.05, 3.63) is 40.6 Å². The zero-order valence-electron chi connectivity index (χ0n) is 16.5. The summed E-state index contributed by atoms with van der Waals surface area (Å²) in [4.78, 5) is 4.54. The van der Waals surface area contributed by atoms with E-state index in [-0.39, 0.29) is 12.4 Å². The predicted molar refractivity (Wildman–Crippen MR) is 109 cm³/mol. The van der Waals surface area contributed by atoms with Crippen molar-refractivity contribution in [1.29, 1.82) is 0 Å². The second-order valence-corrected chi connectivity index (χ2v) is 8.52. The lowest BCUT2D eigenvalue weighted by molar-refractivity contribution is -0.137. The summed E-state index contributed by atoms with van der Waals surface area (Å²) >= 11 is 1.42. The summed E-state index contributed by atoms with van der Waals surface area (Å²) in [5.41, 5.74) is 0.407. The zero-order chi connectivity index (χ0) is 21.1. The van der Waals surface area contributed by atoms with Gasteiger partial charge in [0.2, 0.25) is 0 Å². The molecule has 164 valence electrons. The molecule has 2 saturated heterocycles. The molecule has 0 aliphatic carbocycles. The average molecular weight is 443 g/mol. The third-order valence-electron chi connectivity index (χ3n) is 5.50. The summed E-state index contributed by atoms with van der Waals surface area (Å²) in [7, 11) is 0. The Morgan fingerprint density at radius 3 is 2.60 bits per heavy atom. The summed E-state index contributed by atoms with van der Waals surface area (Å²) in [6.07, 6.45) is -5.23. The summed E-state index contributed by atoms with van der Waals surface area (Å²) in [5, 5.41) is 13.9. The number of nitrogens with zero attached hydrogens (tertiary/aromatic N) is 2. The Morgan fingerprint density at radius 2 is 1.93 bits per heavy atom. The van der Waals surface area contributed by atoms with Gasteiger partial charge < -0.3 is 14.6 Å². The van der Waals surface area contributed by atoms with Crippen LogP contribution in [-0.4, -0.2) is 79.6 Å². The van der Waals surface area contributed by atoms with E-state index in [1.54, 1.807) is 17.5 Å². The van der Waals surface area contributed by atoms with Gasteiger partial charge in [-0.25, -0.2) is 0 Å². The van der Waals surface area contributed by atoms with Crippen LogP contribution >= 0.6 is 11.3 Å². The average Bonchev–Trinajstić information content (AvgIpc) is 3.23. The van der Waals surface area contributed by atoms with E-state index >= 15 is 0 Å². The minimum absolute atomic E-state index is 0.0525. The maximum atomic E-state index is 13.3. The maximum absolute atomic E-state index is 13.3. The smallest absolute Gasteiger partial charge is 0.416 e. The quantitative estimate of drug-likeness (QED) is 0.714. The Hall–Kier alpha value is -1.65. The molecule has 0 saturated carbocycles. The van der Waals surface area contributed by atoms with Gasteiger partial charge in [0.25, 0.3) is 0 Å². The van der Waals surface area contributed by atoms with Crippen molar-refractivity contribution in [3.63, 3.8) is 0 Å². The van der Waals surface area contributed by atoms with E-state index < -0.39 is 17.8 Å². The van der Waals surface area contributed by atoms with Crippen LogP contribution in [0, 0.1) is 0 Å². The standard InChI is InChI=1S/C21H25F3N2O3S/c22-21(23,24)17-7-16(15-1-6-30-14-15)8-20(9-17)29-13-19(27)12-25-10-18(11-25)26-2-4-28-5-3-26/h1,6-9,14,18-19,27H,2-5,10-13H2. The third-order valence-corrected chi connectivity index (χ3v) is 6.18. The normalized spacial score (nSPS) is 20.1. The molecule has 1 aromatic heterocycles. The van der Waals surface area contributed by atoms with Crippen LogP contribution in [0.2, 0.25) is 0 Å². The molecule has 4 rings (SSSR count). The highest BCUT2D eigenvalue weighted by Gasteiger charge is 2.34. The largest absolute Gasteiger partial charge is 0.491 e. The first kappa shape index (κ1) is 21.6. The minimum atomic E-state index is -4.46. The summed E-state index contributed by atoms with van der Waals surface area (Å²) < 4.78 is 50.8. The van der Waals surface area contributed by atoms with Gasteiger partial charge in [-0.05, 0) is 46.2 Å². The van der Waals surface area contributed by atoms with E-state index in [9.17, 15) is 18.3 Å². The summed E-state index contributed by atoms with van der Waals surface area (Å²) in [5.74, 6) is 0.111. The Morgan fingerprint density at radius 1 is 1.17 bits per heavy atom. The van der Waals surface area contributed by atoms with Crippen LogP contribution in [0.3, 0.4) is 0 Å². The van der Waals surface area contributed by atoms with E-state index in [2.05, 4.69) is 9.80 Å². The van der Waals surface area contributed by atoms with Crippen LogP contribution in [0.15, 0.2) is 35.0 Å². The van der Waals surface area contributed by atoms with E-state index in [0.29, 0.717) is 23.7 Å². The number of benzene rings is 1. The van der Waals surface area contributed by atoms with Crippen molar-refractivity contribution in [2.45, 2.75) is 18.3 Å². The molecule has 0 spiro atoms. The highest BCUT2D eigenvalue weighted by atomic mass is 32.1. The van der Waals surface area contributed by atoms with Crippen molar-refractivity contribution in [1.82, 2.24) is 9.80 Å². The van der Waals surface area contributed by atoms with Crippen molar-refractivity contribution < 1.29 is 27.8 Å². The number of aliphatic hydroxyl groups is 1. The fourth-order valence-electron chi connectivity index (χ4n) is 3.85. The summed E-state index contributed by atoms with van der Waals surface area (Å²) in [6, 6.07) is 5.95. The molecule has 2 aromatic rings. The van der Waals surface area contributed by atoms with Crippen LogP contribution in [0.5, 0.6) is 5.75 Å². The fraction of sp³-hybridized carbons (Fsp3) is 0.524. The van der Waals surface area contributed by atoms with Gasteiger partial charge in [0, 0.05) is 38.8 Å². The van der Waals surface area contributed by atoms with Crippen molar-refractivity contribution in [2.75, 3.05) is 52.5 Å². The van der Waals surface area contributed by atoms with Gasteiger partial charge in [0.15, 0.2) is 0 Å². The number of ether oxygens (including phenoxy) is 2. The van der Waals surface area contributed by atoms with Gasteiger partial charge in [0.05, 0.1) is 18.8 Å². The second-order valence-electron chi connectivity index (χ2n) is 7.74. The Labute approximate surface area is 177 Å². The number of rotatable bonds is 7. The number of β-amino-alcohol motifs (C(OH)–C–C–N with tert-alkyl or cyclic N) is 1. The molecule has 2 aliphatic heterocycles. The van der Waals surface area contributed by atoms with Crippen LogP contribution in [0.25, 0.3) is 11.1 Å². The molecule has 3 heterocycles. The number of alkyl halides is 3. The number of hydrogen-bond acceptors (Lipinski definition) is 6. The Bertz CT molecular complexity index is 819. The molecule has 1 N–H and O–H groups in total. The lowest BCUT2D eigenvalue weighted by Crippen LogP contribution is -2.62. The molecular weight excluding hydrogens is 417 g/mol. The first-order chi connectivity index (χ1) is 14.4. The molecule has 1 aromatic carbocycles. The van der Waals surface area contributed by atoms with E-state index in [1.807, 2.05) is 5.38 Å². The van der Waals surface area contributed by atoms with Crippen molar-refractivity contribution in [3.8, 4) is 16.9 Å². The van der Waals surface area contributed by atoms with Gasteiger partial charge in [0.1, 0.15) is 18.5 Å². The fourth-order valence-corrected chi connectivity index (χ4v) is 4.51. The highest BCUT2D eigenvalue weighted by Crippen LogP contribution is 2.36. The molecule has 30 heavy (non-hydrogen) atoms. The number of morpholine rings is 1. The first-order valence-electron chi connectivity index (χ1n) is 9.98. The molecule has 9 heteroatoms. The van der Waals surface area contributed by atoms with Crippen LogP contribution in [0.1, 0.15) is 5.56 Å². The lowest BCUT2D eigenvalue weighted by atomic mass is 10.0. The lowest BCUT2D eigenvalue weighted by Gasteiger charge is -2.47. The van der Waals surface area contributed by atoms with E-state index in [1.165, 1.54) is 11.3 Å². The first-order valence-corrected chi connectivity index (χ1v) is 10.9. The number of likely N-dealkylation sites (tertiary alicyclic amines) is 1. The maximum Gasteiger partial charge on any atom is 0.416 e. The molecule has 5 nitrogen and oxygen atoms in total. The van der Waals surface area contributed by atoms with Crippen LogP contribution < -0.4 is 4.74 Å². The molecule has 2 aliphatic rings. The van der Waals surface area contributed by atoms with Crippen LogP contribution in [-0.2, 0) is 10.9 Å². The van der Waals surface area contributed by atoms with Gasteiger partial charge in [-0.15, -0.1) is 0 Å². The molecule has 2 fully saturated rings. The molecule has 1 unspecified atom stereocenters. The van der Waals surface area contributed by atoms with Gasteiger partial charge in [-0.3, -0.25) is 9.80 Å². The Balaban J connectivity index is 1.31. The van der Waals surface area contributed by atoms with Gasteiger partial charge in [-0.1, -0.05) is 0 Å². The topological polar surface area (TPSA) is 45.2 Å². The van der Waals surface area contributed by atoms with E-state index in [0.717, 1.165) is 51.5 Å². The second kappa shape index (κ2) is 9.23. The number of halogens is 3. The molecular formula is C21H25F3N2O3S. The third kappa shape index (κ3) is 5.33. The molecule has 1 atom stereocenters. The predicted octanol–water partition coefficient (Wildman–Crippen LogP) is 3.19. The van der Waals surface area contributed by atoms with Gasteiger partial charge in [-0.2, -0.15) is 24.5 Å². The van der Waals surface area contributed by atoms with Gasteiger partial charge >= 0.3 is 6.18 Å². The SMILES string of the molecule is OC(COc1cc(-c2ccsc2)cc(C(F)(F)F)c1)CN1CC(N2CCOCC2)C1. The van der Waals surface area contributed by atoms with Crippen LogP contribution in [0.4, 0.5) is 13.2 Å². The summed E-state index contributed by atoms with van der Waals surface area (Å²) in [6.45, 7) is 5.54. The molecule has 0 radical (unpaired) electrons. The molecule has 0 bridgehead atoms. The molecule has 0 amide bonds.